The smallest absolute Gasteiger partial charge is 0.337 e. The normalized spacial score (nSPS) is 10.7. The highest BCUT2D eigenvalue weighted by molar-refractivity contribution is 6.06. The summed E-state index contributed by atoms with van der Waals surface area (Å²) in [5.41, 5.74) is 4.17. The molecule has 3 rings (SSSR count). The van der Waals surface area contributed by atoms with Gasteiger partial charge in [0.25, 0.3) is 0 Å². The van der Waals surface area contributed by atoms with Crippen LogP contribution in [0.4, 0.5) is 0 Å². The average molecular weight is 386 g/mol. The molecule has 146 valence electrons. The van der Waals surface area contributed by atoms with Crippen LogP contribution in [0.3, 0.4) is 0 Å². The molecule has 0 aliphatic heterocycles. The minimum atomic E-state index is -0.359. The number of rotatable bonds is 7. The Morgan fingerprint density at radius 2 is 1.45 bits per heavy atom. The summed E-state index contributed by atoms with van der Waals surface area (Å²) in [5.74, 6) is 0.340. The second-order valence-electron chi connectivity index (χ2n) is 6.61. The van der Waals surface area contributed by atoms with E-state index in [-0.39, 0.29) is 11.8 Å². The van der Waals surface area contributed by atoms with Crippen LogP contribution in [0.5, 0.6) is 5.75 Å². The molecular weight excluding hydrogens is 364 g/mol. The molecule has 4 nitrogen and oxygen atoms in total. The van der Waals surface area contributed by atoms with E-state index in [0.29, 0.717) is 17.7 Å². The topological polar surface area (TPSA) is 52.6 Å². The highest BCUT2D eigenvalue weighted by Crippen LogP contribution is 2.16. The van der Waals surface area contributed by atoms with Gasteiger partial charge in [-0.05, 0) is 48.4 Å². The van der Waals surface area contributed by atoms with E-state index in [0.717, 1.165) is 22.4 Å². The van der Waals surface area contributed by atoms with Crippen molar-refractivity contribution < 1.29 is 19.1 Å². The van der Waals surface area contributed by atoms with Gasteiger partial charge in [0.2, 0.25) is 0 Å². The Hall–Kier alpha value is -3.66. The Kier molecular flexibility index (Phi) is 6.59. The van der Waals surface area contributed by atoms with Crippen molar-refractivity contribution in [2.75, 3.05) is 7.11 Å². The van der Waals surface area contributed by atoms with Gasteiger partial charge in [-0.3, -0.25) is 4.79 Å². The second kappa shape index (κ2) is 9.51. The summed E-state index contributed by atoms with van der Waals surface area (Å²) < 4.78 is 10.5. The molecule has 3 aromatic carbocycles. The molecule has 0 fully saturated rings. The lowest BCUT2D eigenvalue weighted by molar-refractivity contribution is 0.0600. The number of esters is 1. The van der Waals surface area contributed by atoms with Crippen LogP contribution in [-0.4, -0.2) is 18.9 Å². The number of hydrogen-bond acceptors (Lipinski definition) is 4. The quantitative estimate of drug-likeness (QED) is 0.316. The van der Waals surface area contributed by atoms with E-state index in [4.69, 9.17) is 4.74 Å². The van der Waals surface area contributed by atoms with Crippen molar-refractivity contribution in [2.24, 2.45) is 0 Å². The van der Waals surface area contributed by atoms with Crippen molar-refractivity contribution in [2.45, 2.75) is 13.5 Å². The van der Waals surface area contributed by atoms with Gasteiger partial charge in [0.05, 0.1) is 12.7 Å². The number of allylic oxidation sites excluding steroid dienone is 1. The first-order chi connectivity index (χ1) is 14.0. The predicted octanol–water partition coefficient (Wildman–Crippen LogP) is 5.26. The number of methoxy groups -OCH3 is 1. The van der Waals surface area contributed by atoms with Crippen LogP contribution in [0, 0.1) is 6.92 Å². The lowest BCUT2D eigenvalue weighted by Gasteiger charge is -2.07. The van der Waals surface area contributed by atoms with Crippen molar-refractivity contribution in [3.05, 3.63) is 107 Å². The molecule has 0 heterocycles. The van der Waals surface area contributed by atoms with Crippen LogP contribution < -0.4 is 4.74 Å². The van der Waals surface area contributed by atoms with Crippen molar-refractivity contribution in [1.29, 1.82) is 0 Å². The third kappa shape index (κ3) is 5.66. The molecule has 0 aliphatic rings. The van der Waals surface area contributed by atoms with Gasteiger partial charge in [-0.25, -0.2) is 4.79 Å². The molecule has 0 saturated heterocycles. The van der Waals surface area contributed by atoms with Gasteiger partial charge < -0.3 is 9.47 Å². The number of carbonyl (C=O) groups excluding carboxylic acids is 2. The zero-order chi connectivity index (χ0) is 20.6. The fraction of sp³-hybridized carbons (Fsp3) is 0.120. The molecule has 0 saturated carbocycles. The maximum atomic E-state index is 12.2. The number of hydrogen-bond donors (Lipinski definition) is 0. The van der Waals surface area contributed by atoms with Crippen LogP contribution in [0.15, 0.2) is 78.9 Å². The summed E-state index contributed by atoms with van der Waals surface area (Å²) in [4.78, 5) is 23.6. The van der Waals surface area contributed by atoms with E-state index in [1.54, 1.807) is 24.3 Å². The first-order valence-electron chi connectivity index (χ1n) is 9.24. The van der Waals surface area contributed by atoms with Crippen molar-refractivity contribution in [3.8, 4) is 5.75 Å². The molecule has 0 amide bonds. The monoisotopic (exact) mass is 386 g/mol. The second-order valence-corrected chi connectivity index (χ2v) is 6.61. The van der Waals surface area contributed by atoms with E-state index in [1.807, 2.05) is 67.6 Å². The minimum absolute atomic E-state index is 0.0271. The summed E-state index contributed by atoms with van der Waals surface area (Å²) in [6.07, 6.45) is 3.36. The third-order valence-corrected chi connectivity index (χ3v) is 4.42. The molecule has 0 spiro atoms. The lowest BCUT2D eigenvalue weighted by Crippen LogP contribution is -2.01. The van der Waals surface area contributed by atoms with Crippen LogP contribution in [0.2, 0.25) is 0 Å². The van der Waals surface area contributed by atoms with Crippen molar-refractivity contribution in [1.82, 2.24) is 0 Å². The Labute approximate surface area is 170 Å². The van der Waals surface area contributed by atoms with Gasteiger partial charge in [0, 0.05) is 5.56 Å². The van der Waals surface area contributed by atoms with Crippen LogP contribution in [0.25, 0.3) is 6.08 Å². The zero-order valence-corrected chi connectivity index (χ0v) is 16.4. The summed E-state index contributed by atoms with van der Waals surface area (Å²) in [5, 5.41) is 0. The molecule has 0 bridgehead atoms. The standard InChI is InChI=1S/C25H22O4/c1-18-3-10-21(11-4-18)24(26)16-9-19-7-14-23(15-8-19)29-17-20-5-12-22(13-6-20)25(27)28-2/h3-16H,17H2,1-2H3/b16-9+. The van der Waals surface area contributed by atoms with Gasteiger partial charge in [-0.2, -0.15) is 0 Å². The highest BCUT2D eigenvalue weighted by atomic mass is 16.5. The number of benzene rings is 3. The molecule has 29 heavy (non-hydrogen) atoms. The molecule has 0 N–H and O–H groups in total. The van der Waals surface area contributed by atoms with E-state index < -0.39 is 0 Å². The number of ketones is 1. The van der Waals surface area contributed by atoms with Gasteiger partial charge in [-0.15, -0.1) is 0 Å². The van der Waals surface area contributed by atoms with Gasteiger partial charge in [-0.1, -0.05) is 60.2 Å². The third-order valence-electron chi connectivity index (χ3n) is 4.42. The van der Waals surface area contributed by atoms with Crippen LogP contribution in [-0.2, 0) is 11.3 Å². The lowest BCUT2D eigenvalue weighted by atomic mass is 10.1. The maximum Gasteiger partial charge on any atom is 0.337 e. The molecular formula is C25H22O4. The average Bonchev–Trinajstić information content (AvgIpc) is 2.77. The first-order valence-corrected chi connectivity index (χ1v) is 9.24. The first kappa shape index (κ1) is 20.1. The van der Waals surface area contributed by atoms with Crippen LogP contribution in [0.1, 0.15) is 37.4 Å². The summed E-state index contributed by atoms with van der Waals surface area (Å²) >= 11 is 0. The molecule has 0 atom stereocenters. The summed E-state index contributed by atoms with van der Waals surface area (Å²) in [6, 6.07) is 22.1. The molecule has 0 unspecified atom stereocenters. The SMILES string of the molecule is COC(=O)c1ccc(COc2ccc(/C=C/C(=O)c3ccc(C)cc3)cc2)cc1. The predicted molar refractivity (Wildman–Crippen MR) is 113 cm³/mol. The van der Waals surface area contributed by atoms with Crippen molar-refractivity contribution >= 4 is 17.8 Å². The Morgan fingerprint density at radius 3 is 2.07 bits per heavy atom. The van der Waals surface area contributed by atoms with Gasteiger partial charge >= 0.3 is 5.97 Å². The van der Waals surface area contributed by atoms with Crippen LogP contribution >= 0.6 is 0 Å². The van der Waals surface area contributed by atoms with E-state index in [9.17, 15) is 9.59 Å². The molecule has 0 radical (unpaired) electrons. The number of ether oxygens (including phenoxy) is 2. The highest BCUT2D eigenvalue weighted by Gasteiger charge is 2.05. The Bertz CT molecular complexity index is 998. The molecule has 3 aromatic rings. The summed E-state index contributed by atoms with van der Waals surface area (Å²) in [7, 11) is 1.36. The minimum Gasteiger partial charge on any atom is -0.489 e. The van der Waals surface area contributed by atoms with E-state index >= 15 is 0 Å². The maximum absolute atomic E-state index is 12.2. The zero-order valence-electron chi connectivity index (χ0n) is 16.4. The number of carbonyl (C=O) groups is 2. The largest absolute Gasteiger partial charge is 0.489 e. The van der Waals surface area contributed by atoms with E-state index in [2.05, 4.69) is 4.74 Å². The Morgan fingerprint density at radius 1 is 0.828 bits per heavy atom. The molecule has 0 aliphatic carbocycles. The van der Waals surface area contributed by atoms with Gasteiger partial charge in [0.1, 0.15) is 12.4 Å². The fourth-order valence-electron chi connectivity index (χ4n) is 2.68. The number of aryl methyl sites for hydroxylation is 1. The Balaban J connectivity index is 1.55. The van der Waals surface area contributed by atoms with Crippen molar-refractivity contribution in [3.63, 3.8) is 0 Å². The van der Waals surface area contributed by atoms with Gasteiger partial charge in [0.15, 0.2) is 5.78 Å². The van der Waals surface area contributed by atoms with E-state index in [1.165, 1.54) is 7.11 Å². The molecule has 4 heteroatoms. The molecule has 0 aromatic heterocycles. The summed E-state index contributed by atoms with van der Waals surface area (Å²) in [6.45, 7) is 2.38. The fourth-order valence-corrected chi connectivity index (χ4v) is 2.68.